The highest BCUT2D eigenvalue weighted by atomic mass is 32.2. The van der Waals surface area contributed by atoms with Gasteiger partial charge < -0.3 is 9.55 Å². The molecule has 0 radical (unpaired) electrons. The quantitative estimate of drug-likeness (QED) is 0.713. The number of nitrogens with one attached hydrogen (secondary N) is 1. The zero-order chi connectivity index (χ0) is 17.4. The van der Waals surface area contributed by atoms with Crippen LogP contribution in [0.1, 0.15) is 19.0 Å². The third-order valence-corrected chi connectivity index (χ3v) is 5.69. The zero-order valence-corrected chi connectivity index (χ0v) is 15.2. The molecule has 1 fully saturated rings. The van der Waals surface area contributed by atoms with Gasteiger partial charge in [-0.25, -0.2) is 14.3 Å². The van der Waals surface area contributed by atoms with Gasteiger partial charge >= 0.3 is 0 Å². The van der Waals surface area contributed by atoms with Gasteiger partial charge in [0.25, 0.3) is 0 Å². The van der Waals surface area contributed by atoms with Gasteiger partial charge in [0, 0.05) is 47.9 Å². The van der Waals surface area contributed by atoms with E-state index in [9.17, 15) is 5.26 Å². The molecule has 128 valence electrons. The molecule has 4 rings (SSSR count). The average molecular weight is 352 g/mol. The number of hydrogen-bond acceptors (Lipinski definition) is 5. The van der Waals surface area contributed by atoms with Crippen molar-refractivity contribution in [2.75, 3.05) is 18.8 Å². The fraction of sp³-hybridized carbons (Fsp3) is 0.389. The van der Waals surface area contributed by atoms with E-state index in [0.29, 0.717) is 6.42 Å². The molecule has 1 saturated heterocycles. The van der Waals surface area contributed by atoms with Crippen LogP contribution in [0.15, 0.2) is 30.9 Å². The first-order valence-electron chi connectivity index (χ1n) is 8.39. The maximum atomic E-state index is 9.36. The van der Waals surface area contributed by atoms with E-state index in [-0.39, 0.29) is 5.54 Å². The van der Waals surface area contributed by atoms with Crippen molar-refractivity contribution in [3.05, 3.63) is 36.5 Å². The highest BCUT2D eigenvalue weighted by Crippen LogP contribution is 2.39. The Morgan fingerprint density at radius 1 is 1.40 bits per heavy atom. The van der Waals surface area contributed by atoms with Gasteiger partial charge in [0.05, 0.1) is 23.7 Å². The molecule has 0 atom stereocenters. The summed E-state index contributed by atoms with van der Waals surface area (Å²) in [6.07, 6.45) is 6.14. The zero-order valence-electron chi connectivity index (χ0n) is 14.4. The van der Waals surface area contributed by atoms with E-state index in [2.05, 4.69) is 56.0 Å². The highest BCUT2D eigenvalue weighted by molar-refractivity contribution is 7.97. The van der Waals surface area contributed by atoms with E-state index >= 15 is 0 Å². The molecule has 1 aliphatic rings. The summed E-state index contributed by atoms with van der Waals surface area (Å²) in [6, 6.07) is 6.55. The fourth-order valence-electron chi connectivity index (χ4n) is 3.70. The molecule has 4 heterocycles. The number of H-pyrrole nitrogens is 1. The summed E-state index contributed by atoms with van der Waals surface area (Å²) in [7, 11) is 0. The normalized spacial score (nSPS) is 16.7. The van der Waals surface area contributed by atoms with Crippen molar-refractivity contribution >= 4 is 23.0 Å². The average Bonchev–Trinajstić information content (AvgIpc) is 3.19. The number of aromatic nitrogens is 4. The van der Waals surface area contributed by atoms with Crippen molar-refractivity contribution in [3.8, 4) is 17.3 Å². The molecule has 0 saturated carbocycles. The lowest BCUT2D eigenvalue weighted by atomic mass is 9.88. The van der Waals surface area contributed by atoms with Gasteiger partial charge in [-0.1, -0.05) is 18.9 Å². The summed E-state index contributed by atoms with van der Waals surface area (Å²) in [6.45, 7) is 6.06. The van der Waals surface area contributed by atoms with Crippen LogP contribution in [0.25, 0.3) is 22.3 Å². The second-order valence-corrected chi connectivity index (χ2v) is 7.83. The SMILES string of the molecule is CCSN1CC(CC#N)(n2cc(-c3ncnc4[nH]ccc34)cc2C)C1. The second kappa shape index (κ2) is 6.21. The molecule has 0 bridgehead atoms. The summed E-state index contributed by atoms with van der Waals surface area (Å²) < 4.78 is 4.62. The Morgan fingerprint density at radius 3 is 3.00 bits per heavy atom. The Morgan fingerprint density at radius 2 is 2.24 bits per heavy atom. The second-order valence-electron chi connectivity index (χ2n) is 6.48. The number of rotatable bonds is 5. The maximum Gasteiger partial charge on any atom is 0.141 e. The molecule has 3 aromatic heterocycles. The molecule has 1 N–H and O–H groups in total. The van der Waals surface area contributed by atoms with Crippen molar-refractivity contribution in [2.45, 2.75) is 25.8 Å². The molecule has 6 nitrogen and oxygen atoms in total. The summed E-state index contributed by atoms with van der Waals surface area (Å²) in [5.41, 5.74) is 3.87. The first-order valence-corrected chi connectivity index (χ1v) is 9.34. The number of aryl methyl sites for hydroxylation is 1. The molecule has 0 aromatic carbocycles. The summed E-state index contributed by atoms with van der Waals surface area (Å²) >= 11 is 1.84. The Kier molecular flexibility index (Phi) is 4.02. The first kappa shape index (κ1) is 16.2. The number of fused-ring (bicyclic) bond motifs is 1. The molecule has 7 heteroatoms. The molecular formula is C18H20N6S. The third kappa shape index (κ3) is 2.62. The van der Waals surface area contributed by atoms with Crippen LogP contribution < -0.4 is 0 Å². The molecule has 0 amide bonds. The predicted molar refractivity (Wildman–Crippen MR) is 100.0 cm³/mol. The first-order chi connectivity index (χ1) is 12.2. The van der Waals surface area contributed by atoms with Gasteiger partial charge in [-0.15, -0.1) is 0 Å². The van der Waals surface area contributed by atoms with Gasteiger partial charge in [0.1, 0.15) is 12.0 Å². The highest BCUT2D eigenvalue weighted by Gasteiger charge is 2.45. The number of aromatic amines is 1. The minimum atomic E-state index is -0.135. The fourth-order valence-corrected chi connectivity index (χ4v) is 4.72. The van der Waals surface area contributed by atoms with Crippen LogP contribution in [0.2, 0.25) is 0 Å². The van der Waals surface area contributed by atoms with Crippen LogP contribution in [0, 0.1) is 18.3 Å². The van der Waals surface area contributed by atoms with Crippen LogP contribution in [0.5, 0.6) is 0 Å². The van der Waals surface area contributed by atoms with E-state index in [0.717, 1.165) is 46.8 Å². The van der Waals surface area contributed by atoms with Crippen molar-refractivity contribution in [1.29, 1.82) is 5.26 Å². The van der Waals surface area contributed by atoms with Gasteiger partial charge in [-0.05, 0) is 19.1 Å². The minimum Gasteiger partial charge on any atom is -0.346 e. The molecular weight excluding hydrogens is 332 g/mol. The van der Waals surface area contributed by atoms with Crippen LogP contribution in [-0.4, -0.2) is 42.7 Å². The van der Waals surface area contributed by atoms with E-state index in [4.69, 9.17) is 0 Å². The van der Waals surface area contributed by atoms with Crippen LogP contribution in [0.4, 0.5) is 0 Å². The summed E-state index contributed by atoms with van der Waals surface area (Å²) in [5.74, 6) is 1.06. The minimum absolute atomic E-state index is 0.135. The largest absolute Gasteiger partial charge is 0.346 e. The monoisotopic (exact) mass is 352 g/mol. The Balaban J connectivity index is 1.73. The Hall–Kier alpha value is -2.30. The lowest BCUT2D eigenvalue weighted by Gasteiger charge is -2.49. The molecule has 0 spiro atoms. The maximum absolute atomic E-state index is 9.36. The van der Waals surface area contributed by atoms with E-state index < -0.39 is 0 Å². The standard InChI is InChI=1S/C18H20N6S/c1-3-25-23-10-18(11-23,5-6-19)24-9-14(8-13(24)2)16-15-4-7-20-17(15)22-12-21-16/h4,7-9,12H,3,5,10-11H2,1-2H3,(H,20,21,22). The topological polar surface area (TPSA) is 73.5 Å². The number of nitrogens with zero attached hydrogens (tertiary/aromatic N) is 5. The predicted octanol–water partition coefficient (Wildman–Crippen LogP) is 3.33. The summed E-state index contributed by atoms with van der Waals surface area (Å²) in [5, 5.41) is 10.4. The van der Waals surface area contributed by atoms with Crippen LogP contribution >= 0.6 is 11.9 Å². The van der Waals surface area contributed by atoms with Crippen molar-refractivity contribution in [2.24, 2.45) is 0 Å². The molecule has 3 aromatic rings. The van der Waals surface area contributed by atoms with E-state index in [1.807, 2.05) is 24.2 Å². The van der Waals surface area contributed by atoms with Crippen LogP contribution in [-0.2, 0) is 5.54 Å². The molecule has 0 unspecified atom stereocenters. The van der Waals surface area contributed by atoms with Gasteiger partial charge in [0.2, 0.25) is 0 Å². The lowest BCUT2D eigenvalue weighted by Crippen LogP contribution is -2.59. The molecule has 25 heavy (non-hydrogen) atoms. The molecule has 1 aliphatic heterocycles. The van der Waals surface area contributed by atoms with Gasteiger partial charge in [-0.3, -0.25) is 0 Å². The van der Waals surface area contributed by atoms with E-state index in [1.165, 1.54) is 0 Å². The Bertz CT molecular complexity index is 944. The molecule has 0 aliphatic carbocycles. The Labute approximate surface area is 151 Å². The van der Waals surface area contributed by atoms with Gasteiger partial charge in [0.15, 0.2) is 0 Å². The number of hydrogen-bond donors (Lipinski definition) is 1. The van der Waals surface area contributed by atoms with Crippen molar-refractivity contribution in [3.63, 3.8) is 0 Å². The summed E-state index contributed by atoms with van der Waals surface area (Å²) in [4.78, 5) is 11.9. The van der Waals surface area contributed by atoms with Crippen molar-refractivity contribution < 1.29 is 0 Å². The van der Waals surface area contributed by atoms with Gasteiger partial charge in [-0.2, -0.15) is 5.26 Å². The smallest absolute Gasteiger partial charge is 0.141 e. The lowest BCUT2D eigenvalue weighted by molar-refractivity contribution is 0.0932. The van der Waals surface area contributed by atoms with Crippen LogP contribution in [0.3, 0.4) is 0 Å². The van der Waals surface area contributed by atoms with E-state index in [1.54, 1.807) is 6.33 Å². The van der Waals surface area contributed by atoms with Crippen molar-refractivity contribution in [1.82, 2.24) is 23.8 Å². The number of nitriles is 1. The third-order valence-electron chi connectivity index (χ3n) is 4.81.